The first kappa shape index (κ1) is 51.9. The summed E-state index contributed by atoms with van der Waals surface area (Å²) < 4.78 is 13.6. The average Bonchev–Trinajstić information content (AvgIpc) is 3.23. The van der Waals surface area contributed by atoms with Crippen LogP contribution in [-0.2, 0) is 9.59 Å². The van der Waals surface area contributed by atoms with Crippen molar-refractivity contribution in [2.45, 2.75) is 132 Å². The van der Waals surface area contributed by atoms with Gasteiger partial charge in [0.05, 0.1) is 5.70 Å². The summed E-state index contributed by atoms with van der Waals surface area (Å²) in [5, 5.41) is 2.93. The highest BCUT2D eigenvalue weighted by atomic mass is 19.1. The van der Waals surface area contributed by atoms with Crippen LogP contribution in [0.2, 0.25) is 0 Å². The van der Waals surface area contributed by atoms with Crippen LogP contribution in [0.4, 0.5) is 4.39 Å². The minimum absolute atomic E-state index is 0.164. The van der Waals surface area contributed by atoms with Gasteiger partial charge in [-0.1, -0.05) is 162 Å². The second-order valence-electron chi connectivity index (χ2n) is 14.8. The lowest BCUT2D eigenvalue weighted by molar-refractivity contribution is -0.117. The molecular formula is C54H73FN2O2. The van der Waals surface area contributed by atoms with Gasteiger partial charge in [-0.15, -0.1) is 0 Å². The number of ketones is 2. The Labute approximate surface area is 357 Å². The summed E-state index contributed by atoms with van der Waals surface area (Å²) in [5.74, 6) is 0.320. The van der Waals surface area contributed by atoms with E-state index in [1.807, 2.05) is 81.7 Å². The molecule has 0 atom stereocenters. The number of nitrogens with one attached hydrogen (secondary N) is 1. The molecular weight excluding hydrogens is 728 g/mol. The van der Waals surface area contributed by atoms with Crippen molar-refractivity contribution in [2.24, 2.45) is 0 Å². The van der Waals surface area contributed by atoms with Crippen molar-refractivity contribution in [1.82, 2.24) is 10.3 Å². The number of likely N-dealkylation sites (N-methyl/N-ethyl adjacent to an activating group) is 1. The third-order valence-corrected chi connectivity index (χ3v) is 9.66. The summed E-state index contributed by atoms with van der Waals surface area (Å²) in [6.07, 6.45) is 23.4. The van der Waals surface area contributed by atoms with Crippen molar-refractivity contribution in [1.29, 1.82) is 0 Å². The van der Waals surface area contributed by atoms with E-state index in [0.717, 1.165) is 42.5 Å². The standard InChI is InChI=1S/C17H15F.C14H21N.C10H19NO.C9H10.C4H8O/c18-17-7-2-1-6-16(17)15-10-8-14(9-11-15)12-13-4-3-5-13;1-4-6-7-13(5-2)10-14-11-15-9-8-12(14)3;1-4-6-8-9(11-3)10(12)7-5-2;1-8(2)9-6-4-3-5-7-9;1-3-4(2)5/h1-2,6-12H,3-5H2;8-11H,4-7H2,1-3H3;8,11H,4-7H2,1-3H3;3-7H,1H2,2H3;3H2,1-2H3/b;13-10+;9-8+;;. The lowest BCUT2D eigenvalue weighted by atomic mass is 9.90. The van der Waals surface area contributed by atoms with Gasteiger partial charge in [0, 0.05) is 37.8 Å². The van der Waals surface area contributed by atoms with Gasteiger partial charge < -0.3 is 10.1 Å². The fourth-order valence-corrected chi connectivity index (χ4v) is 5.55. The van der Waals surface area contributed by atoms with Gasteiger partial charge in [-0.2, -0.15) is 0 Å². The number of nitrogens with zero attached hydrogens (tertiary/aromatic N) is 1. The molecule has 0 saturated heterocycles. The minimum Gasteiger partial charge on any atom is -0.386 e. The van der Waals surface area contributed by atoms with Crippen molar-refractivity contribution in [3.05, 3.63) is 155 Å². The van der Waals surface area contributed by atoms with Crippen LogP contribution in [0.25, 0.3) is 28.9 Å². The number of aromatic nitrogens is 1. The van der Waals surface area contributed by atoms with Crippen molar-refractivity contribution in [2.75, 3.05) is 7.05 Å². The van der Waals surface area contributed by atoms with E-state index in [1.165, 1.54) is 78.0 Å². The predicted octanol–water partition coefficient (Wildman–Crippen LogP) is 15.4. The molecule has 5 rings (SSSR count). The first-order valence-electron chi connectivity index (χ1n) is 21.7. The van der Waals surface area contributed by atoms with E-state index in [0.29, 0.717) is 18.4 Å². The normalized spacial score (nSPS) is 11.7. The van der Waals surface area contributed by atoms with Gasteiger partial charge >= 0.3 is 0 Å². The van der Waals surface area contributed by atoms with Crippen LogP contribution in [0.3, 0.4) is 0 Å². The number of hydrogen-bond donors (Lipinski definition) is 1. The van der Waals surface area contributed by atoms with E-state index in [1.54, 1.807) is 20.0 Å². The third-order valence-electron chi connectivity index (χ3n) is 9.66. The van der Waals surface area contributed by atoms with Gasteiger partial charge in [-0.3, -0.25) is 9.78 Å². The summed E-state index contributed by atoms with van der Waals surface area (Å²) in [6.45, 7) is 20.0. The third kappa shape index (κ3) is 22.5. The van der Waals surface area contributed by atoms with Crippen molar-refractivity contribution >= 4 is 29.3 Å². The molecule has 59 heavy (non-hydrogen) atoms. The molecule has 0 aliphatic heterocycles. The van der Waals surface area contributed by atoms with E-state index in [4.69, 9.17) is 0 Å². The fraction of sp³-hybridized carbons (Fsp3) is 0.389. The molecule has 5 heteroatoms. The van der Waals surface area contributed by atoms with Crippen molar-refractivity contribution < 1.29 is 14.0 Å². The zero-order valence-corrected chi connectivity index (χ0v) is 37.8. The first-order chi connectivity index (χ1) is 28.4. The summed E-state index contributed by atoms with van der Waals surface area (Å²) >= 11 is 0. The molecule has 1 fully saturated rings. The van der Waals surface area contributed by atoms with E-state index in [-0.39, 0.29) is 17.4 Å². The molecule has 1 heterocycles. The minimum atomic E-state index is -0.164. The number of hydrogen-bond acceptors (Lipinski definition) is 4. The van der Waals surface area contributed by atoms with Crippen LogP contribution in [0.5, 0.6) is 0 Å². The van der Waals surface area contributed by atoms with Crippen LogP contribution in [0.1, 0.15) is 148 Å². The number of carbonyl (C=O) groups is 2. The molecule has 4 aromatic rings. The Balaban J connectivity index is 0.000000388. The Bertz CT molecular complexity index is 1880. The highest BCUT2D eigenvalue weighted by molar-refractivity contribution is 5.94. The maximum atomic E-state index is 13.6. The number of aryl methyl sites for hydroxylation is 1. The van der Waals surface area contributed by atoms with E-state index >= 15 is 0 Å². The van der Waals surface area contributed by atoms with Gasteiger partial charge in [0.15, 0.2) is 5.78 Å². The fourth-order valence-electron chi connectivity index (χ4n) is 5.55. The van der Waals surface area contributed by atoms with Gasteiger partial charge in [0.25, 0.3) is 0 Å². The number of carbonyl (C=O) groups excluding carboxylic acids is 2. The lowest BCUT2D eigenvalue weighted by Gasteiger charge is -2.15. The molecule has 0 radical (unpaired) electrons. The SMILES string of the molecule is C=C(C)c1ccccc1.CCC(C)=O.CCC/C=C(/NC)C(=O)CCC.CCCC/C(=C/c1cnccc1C)CC.Fc1ccccc1-c1ccc(C=C2CCC2)cc1. The molecule has 1 N–H and O–H groups in total. The molecule has 0 amide bonds. The molecule has 0 bridgehead atoms. The Morgan fingerprint density at radius 2 is 1.46 bits per heavy atom. The lowest BCUT2D eigenvalue weighted by Crippen LogP contribution is -2.15. The maximum Gasteiger partial charge on any atom is 0.178 e. The topological polar surface area (TPSA) is 59.1 Å². The number of allylic oxidation sites excluding steroid dienone is 5. The summed E-state index contributed by atoms with van der Waals surface area (Å²) in [5.41, 5.74) is 11.6. The summed E-state index contributed by atoms with van der Waals surface area (Å²) in [4.78, 5) is 25.3. The molecule has 1 aliphatic carbocycles. The smallest absolute Gasteiger partial charge is 0.178 e. The van der Waals surface area contributed by atoms with Crippen molar-refractivity contribution in [3.63, 3.8) is 0 Å². The molecule has 0 spiro atoms. The average molecular weight is 801 g/mol. The van der Waals surface area contributed by atoms with E-state index in [2.05, 4.69) is 87.1 Å². The van der Waals surface area contributed by atoms with Crippen LogP contribution in [0.15, 0.2) is 127 Å². The molecule has 0 unspecified atom stereocenters. The van der Waals surface area contributed by atoms with Gasteiger partial charge in [-0.25, -0.2) is 4.39 Å². The Hall–Kier alpha value is -5.16. The van der Waals surface area contributed by atoms with Crippen LogP contribution >= 0.6 is 0 Å². The van der Waals surface area contributed by atoms with Crippen LogP contribution in [0, 0.1) is 12.7 Å². The quantitative estimate of drug-likeness (QED) is 0.122. The second kappa shape index (κ2) is 31.8. The number of Topliss-reactive ketones (excluding diaryl/α,β-unsaturated/α-hetero) is 2. The maximum absolute atomic E-state index is 13.6. The van der Waals surface area contributed by atoms with Gasteiger partial charge in [-0.05, 0) is 112 Å². The molecule has 1 aliphatic rings. The summed E-state index contributed by atoms with van der Waals surface area (Å²) in [7, 11) is 1.80. The van der Waals surface area contributed by atoms with Gasteiger partial charge in [0.1, 0.15) is 11.6 Å². The zero-order valence-electron chi connectivity index (χ0n) is 37.8. The number of pyridine rings is 1. The molecule has 3 aromatic carbocycles. The molecule has 318 valence electrons. The first-order valence-corrected chi connectivity index (χ1v) is 21.7. The Morgan fingerprint density at radius 3 is 1.93 bits per heavy atom. The van der Waals surface area contributed by atoms with Crippen LogP contribution in [-0.4, -0.2) is 23.6 Å². The largest absolute Gasteiger partial charge is 0.386 e. The monoisotopic (exact) mass is 801 g/mol. The molecule has 4 nitrogen and oxygen atoms in total. The highest BCUT2D eigenvalue weighted by Crippen LogP contribution is 2.29. The number of benzene rings is 3. The van der Waals surface area contributed by atoms with Crippen LogP contribution < -0.4 is 5.32 Å². The zero-order chi connectivity index (χ0) is 43.8. The Morgan fingerprint density at radius 1 is 0.814 bits per heavy atom. The Kier molecular flexibility index (Phi) is 27.9. The molecule has 1 aromatic heterocycles. The molecule has 1 saturated carbocycles. The van der Waals surface area contributed by atoms with E-state index < -0.39 is 0 Å². The number of unbranched alkanes of at least 4 members (excludes halogenated alkanes) is 2. The van der Waals surface area contributed by atoms with Crippen molar-refractivity contribution in [3.8, 4) is 11.1 Å². The number of rotatable bonds is 15. The highest BCUT2D eigenvalue weighted by Gasteiger charge is 2.08. The van der Waals surface area contributed by atoms with E-state index in [9.17, 15) is 14.0 Å². The van der Waals surface area contributed by atoms with Gasteiger partial charge in [0.2, 0.25) is 0 Å². The summed E-state index contributed by atoms with van der Waals surface area (Å²) in [6, 6.07) is 27.2. The number of halogens is 1. The second-order valence-corrected chi connectivity index (χ2v) is 14.8. The predicted molar refractivity (Wildman–Crippen MR) is 255 cm³/mol.